The van der Waals surface area contributed by atoms with Crippen LogP contribution in [0.5, 0.6) is 5.88 Å². The van der Waals surface area contributed by atoms with Gasteiger partial charge in [-0.25, -0.2) is 20.0 Å². The van der Waals surface area contributed by atoms with Crippen LogP contribution < -0.4 is 15.8 Å². The largest absolute Gasteiger partial charge is 0.478 e. The summed E-state index contributed by atoms with van der Waals surface area (Å²) in [6.07, 6.45) is 12.6. The normalized spacial score (nSPS) is 12.3. The number of nitrogens with one attached hydrogen (secondary N) is 1. The maximum absolute atomic E-state index is 6.39. The molecule has 3 aromatic heterocycles. The number of anilines is 3. The van der Waals surface area contributed by atoms with Gasteiger partial charge in [0.1, 0.15) is 12.4 Å². The highest BCUT2D eigenvalue weighted by Gasteiger charge is 2.17. The molecule has 0 spiro atoms. The molecular formula is C24H33N7O2S. The highest BCUT2D eigenvalue weighted by atomic mass is 32.3. The molecule has 3 heterocycles. The molecule has 0 saturated carbocycles. The number of nitrogen functional groups attached to an aromatic ring is 1. The topological polar surface area (TPSA) is 105 Å². The van der Waals surface area contributed by atoms with E-state index in [-0.39, 0.29) is 0 Å². The van der Waals surface area contributed by atoms with Crippen molar-refractivity contribution in [3.8, 4) is 17.1 Å². The molecular weight excluding hydrogens is 450 g/mol. The maximum atomic E-state index is 6.39. The van der Waals surface area contributed by atoms with Crippen LogP contribution >= 0.6 is 10.0 Å². The van der Waals surface area contributed by atoms with Gasteiger partial charge in [0.05, 0.1) is 36.8 Å². The number of rotatable bonds is 9. The van der Waals surface area contributed by atoms with E-state index in [1.165, 1.54) is 0 Å². The van der Waals surface area contributed by atoms with Crippen LogP contribution in [0.25, 0.3) is 22.2 Å². The van der Waals surface area contributed by atoms with E-state index >= 15 is 0 Å². The summed E-state index contributed by atoms with van der Waals surface area (Å²) in [5.41, 5.74) is 11.5. The molecule has 0 saturated heterocycles. The Morgan fingerprint density at radius 1 is 1.18 bits per heavy atom. The van der Waals surface area contributed by atoms with Crippen molar-refractivity contribution in [2.75, 3.05) is 49.3 Å². The monoisotopic (exact) mass is 483 g/mol. The highest BCUT2D eigenvalue weighted by molar-refractivity contribution is 8.32. The molecule has 0 fully saturated rings. The minimum atomic E-state index is -0.605. The molecule has 34 heavy (non-hydrogen) atoms. The lowest BCUT2D eigenvalue weighted by Gasteiger charge is -2.24. The minimum absolute atomic E-state index is 0.433. The third-order valence-corrected chi connectivity index (χ3v) is 6.85. The third kappa shape index (κ3) is 5.13. The molecule has 9 nitrogen and oxygen atoms in total. The fraction of sp³-hybridized carbons (Fsp3) is 0.375. The summed E-state index contributed by atoms with van der Waals surface area (Å²) in [6.45, 7) is 3.15. The number of hydrogen-bond donors (Lipinski definition) is 2. The number of fused-ring (bicyclic) bond motifs is 1. The van der Waals surface area contributed by atoms with Crippen molar-refractivity contribution in [1.82, 2.24) is 24.3 Å². The number of hydrogen-bond acceptors (Lipinski definition) is 7. The summed E-state index contributed by atoms with van der Waals surface area (Å²) in [7, 11) is 2.81. The van der Waals surface area contributed by atoms with Crippen LogP contribution in [0.1, 0.15) is 5.56 Å². The SMILES string of the molecule is COc1nn(C)cc1Nc1ncc(C)c(-c2cn(COCCS(C)(C)C)c3c(N)cccc23)n1. The van der Waals surface area contributed by atoms with E-state index in [1.807, 2.05) is 38.5 Å². The fourth-order valence-electron chi connectivity index (χ4n) is 3.75. The van der Waals surface area contributed by atoms with Gasteiger partial charge in [-0.15, -0.1) is 5.10 Å². The second-order valence-corrected chi connectivity index (χ2v) is 13.8. The van der Waals surface area contributed by atoms with Crippen LogP contribution in [0.3, 0.4) is 0 Å². The predicted molar refractivity (Wildman–Crippen MR) is 141 cm³/mol. The van der Waals surface area contributed by atoms with Crippen LogP contribution in [0.15, 0.2) is 36.8 Å². The van der Waals surface area contributed by atoms with E-state index in [1.54, 1.807) is 11.8 Å². The van der Waals surface area contributed by atoms with Crippen molar-refractivity contribution in [3.05, 3.63) is 42.4 Å². The molecule has 3 N–H and O–H groups in total. The number of para-hydroxylation sites is 1. The second kappa shape index (κ2) is 9.55. The van der Waals surface area contributed by atoms with Crippen molar-refractivity contribution in [2.24, 2.45) is 7.05 Å². The van der Waals surface area contributed by atoms with Gasteiger partial charge in [-0.1, -0.05) is 12.1 Å². The molecule has 0 unspecified atom stereocenters. The number of aryl methyl sites for hydroxylation is 2. The maximum Gasteiger partial charge on any atom is 0.256 e. The van der Waals surface area contributed by atoms with E-state index < -0.39 is 10.0 Å². The predicted octanol–water partition coefficient (Wildman–Crippen LogP) is 4.14. The van der Waals surface area contributed by atoms with Crippen LogP contribution in [0, 0.1) is 6.92 Å². The van der Waals surface area contributed by atoms with Crippen LogP contribution in [0.2, 0.25) is 0 Å². The number of nitrogens with two attached hydrogens (primary N) is 1. The molecule has 0 aliphatic rings. The van der Waals surface area contributed by atoms with Crippen molar-refractivity contribution in [3.63, 3.8) is 0 Å². The number of benzene rings is 1. The Hall–Kier alpha value is -3.24. The lowest BCUT2D eigenvalue weighted by Crippen LogP contribution is -2.09. The summed E-state index contributed by atoms with van der Waals surface area (Å²) < 4.78 is 15.1. The van der Waals surface area contributed by atoms with Gasteiger partial charge in [0.15, 0.2) is 0 Å². The van der Waals surface area contributed by atoms with Crippen LogP contribution in [0.4, 0.5) is 17.3 Å². The zero-order valence-corrected chi connectivity index (χ0v) is 21.4. The smallest absolute Gasteiger partial charge is 0.256 e. The van der Waals surface area contributed by atoms with Crippen LogP contribution in [-0.2, 0) is 18.5 Å². The van der Waals surface area contributed by atoms with Crippen molar-refractivity contribution in [2.45, 2.75) is 13.7 Å². The Bertz CT molecular complexity index is 1310. The average Bonchev–Trinajstić information content (AvgIpc) is 3.32. The Balaban J connectivity index is 1.69. The van der Waals surface area contributed by atoms with Gasteiger partial charge < -0.3 is 25.1 Å². The van der Waals surface area contributed by atoms with Crippen molar-refractivity contribution in [1.29, 1.82) is 0 Å². The zero-order chi connectivity index (χ0) is 24.5. The van der Waals surface area contributed by atoms with Gasteiger partial charge in [-0.05, 0) is 37.3 Å². The van der Waals surface area contributed by atoms with Gasteiger partial charge in [-0.3, -0.25) is 4.68 Å². The number of ether oxygens (including phenoxy) is 2. The highest BCUT2D eigenvalue weighted by Crippen LogP contribution is 2.36. The number of nitrogens with zero attached hydrogens (tertiary/aromatic N) is 5. The first-order valence-electron chi connectivity index (χ1n) is 11.0. The summed E-state index contributed by atoms with van der Waals surface area (Å²) in [6, 6.07) is 5.94. The molecule has 0 atom stereocenters. The lowest BCUT2D eigenvalue weighted by atomic mass is 10.1. The first-order chi connectivity index (χ1) is 16.2. The molecule has 1 aromatic carbocycles. The standard InChI is InChI=1S/C24H33N7O2S/c1-16-12-26-24(27-20-14-30(2)29-23(20)32-3)28-21(16)18-13-31(15-33-10-11-34(4,5)6)22-17(18)8-7-9-19(22)25/h7-9,12-14H,10-11,15,25H2,1-6H3,(H,26,27,28). The van der Waals surface area contributed by atoms with Gasteiger partial charge in [0, 0.05) is 36.1 Å². The van der Waals surface area contributed by atoms with E-state index in [2.05, 4.69) is 51.0 Å². The molecule has 0 bridgehead atoms. The minimum Gasteiger partial charge on any atom is -0.478 e. The molecule has 182 valence electrons. The molecule has 0 aliphatic carbocycles. The molecule has 0 amide bonds. The second-order valence-electron chi connectivity index (χ2n) is 9.16. The molecule has 0 aliphatic heterocycles. The molecule has 4 aromatic rings. The van der Waals surface area contributed by atoms with Crippen LogP contribution in [-0.4, -0.2) is 62.6 Å². The summed E-state index contributed by atoms with van der Waals surface area (Å²) in [4.78, 5) is 9.30. The van der Waals surface area contributed by atoms with E-state index in [4.69, 9.17) is 20.2 Å². The molecule has 4 rings (SSSR count). The van der Waals surface area contributed by atoms with E-state index in [0.29, 0.717) is 36.5 Å². The van der Waals surface area contributed by atoms with Crippen molar-refractivity contribution < 1.29 is 9.47 Å². The summed E-state index contributed by atoms with van der Waals surface area (Å²) in [5.74, 6) is 2.00. The van der Waals surface area contributed by atoms with Gasteiger partial charge in [-0.2, -0.15) is 0 Å². The van der Waals surface area contributed by atoms with E-state index in [9.17, 15) is 0 Å². The average molecular weight is 484 g/mol. The van der Waals surface area contributed by atoms with E-state index in [0.717, 1.165) is 33.5 Å². The number of methoxy groups -OCH3 is 1. The lowest BCUT2D eigenvalue weighted by molar-refractivity contribution is 0.0928. The number of aromatic nitrogens is 5. The Labute approximate surface area is 201 Å². The van der Waals surface area contributed by atoms with Gasteiger partial charge in [0.2, 0.25) is 5.95 Å². The summed E-state index contributed by atoms with van der Waals surface area (Å²) >= 11 is 0. The van der Waals surface area contributed by atoms with Gasteiger partial charge >= 0.3 is 0 Å². The Morgan fingerprint density at radius 3 is 2.71 bits per heavy atom. The molecule has 10 heteroatoms. The fourth-order valence-corrected chi connectivity index (χ4v) is 4.37. The third-order valence-electron chi connectivity index (χ3n) is 5.46. The van der Waals surface area contributed by atoms with Crippen molar-refractivity contribution >= 4 is 38.3 Å². The first kappa shape index (κ1) is 23.9. The quantitative estimate of drug-likeness (QED) is 0.272. The Kier molecular flexibility index (Phi) is 6.72. The first-order valence-corrected chi connectivity index (χ1v) is 14.0. The molecule has 0 radical (unpaired) electrons. The summed E-state index contributed by atoms with van der Waals surface area (Å²) in [5, 5.41) is 8.52. The Morgan fingerprint density at radius 2 is 1.97 bits per heavy atom. The zero-order valence-electron chi connectivity index (χ0n) is 20.6. The van der Waals surface area contributed by atoms with Gasteiger partial charge in [0.25, 0.3) is 5.88 Å².